The third-order valence-electron chi connectivity index (χ3n) is 2.79. The molecule has 1 aliphatic rings. The Balaban J connectivity index is 2.45. The first-order chi connectivity index (χ1) is 8.22. The maximum Gasteiger partial charge on any atom is 0.344 e. The third-order valence-corrected chi connectivity index (χ3v) is 3.57. The van der Waals surface area contributed by atoms with E-state index in [1.165, 1.54) is 11.8 Å². The maximum absolute atomic E-state index is 11.5. The second-order valence-corrected chi connectivity index (χ2v) is 4.56. The first-order valence-electron chi connectivity index (χ1n) is 5.08. The van der Waals surface area contributed by atoms with Crippen LogP contribution >= 0.6 is 11.8 Å². The minimum Gasteiger partial charge on any atom is -0.506 e. The second-order valence-electron chi connectivity index (χ2n) is 3.71. The molecule has 0 atom stereocenters. The number of ether oxygens (including phenoxy) is 1. The van der Waals surface area contributed by atoms with Gasteiger partial charge in [0.1, 0.15) is 17.9 Å². The zero-order valence-electron chi connectivity index (χ0n) is 9.06. The number of nitrogens with zero attached hydrogens (tertiary/aromatic N) is 1. The van der Waals surface area contributed by atoms with Crippen LogP contribution in [0.25, 0.3) is 10.9 Å². The molecular formula is C12H9NO3S. The molecule has 3 rings (SSSR count). The zero-order valence-corrected chi connectivity index (χ0v) is 9.87. The van der Waals surface area contributed by atoms with E-state index < -0.39 is 5.97 Å². The van der Waals surface area contributed by atoms with Gasteiger partial charge in [-0.2, -0.15) is 0 Å². The number of rotatable bonds is 1. The molecule has 17 heavy (non-hydrogen) atoms. The van der Waals surface area contributed by atoms with E-state index in [0.717, 1.165) is 4.90 Å². The Labute approximate surface area is 102 Å². The Morgan fingerprint density at radius 3 is 3.06 bits per heavy atom. The van der Waals surface area contributed by atoms with Crippen molar-refractivity contribution < 1.29 is 14.6 Å². The summed E-state index contributed by atoms with van der Waals surface area (Å²) in [6, 6.07) is 5.59. The van der Waals surface area contributed by atoms with Gasteiger partial charge in [0.15, 0.2) is 0 Å². The summed E-state index contributed by atoms with van der Waals surface area (Å²) in [5, 5.41) is 10.8. The summed E-state index contributed by atoms with van der Waals surface area (Å²) in [4.78, 5) is 16.8. The van der Waals surface area contributed by atoms with Gasteiger partial charge in [0.2, 0.25) is 0 Å². The molecule has 1 N–H and O–H groups in total. The van der Waals surface area contributed by atoms with Gasteiger partial charge in [-0.05, 0) is 18.4 Å². The summed E-state index contributed by atoms with van der Waals surface area (Å²) in [5.41, 5.74) is 1.41. The van der Waals surface area contributed by atoms with Crippen LogP contribution in [0.2, 0.25) is 0 Å². The number of aromatic hydroxyl groups is 1. The molecule has 1 aliphatic heterocycles. The predicted molar refractivity (Wildman–Crippen MR) is 64.3 cm³/mol. The smallest absolute Gasteiger partial charge is 0.344 e. The molecular weight excluding hydrogens is 238 g/mol. The number of hydrogen-bond acceptors (Lipinski definition) is 5. The fourth-order valence-electron chi connectivity index (χ4n) is 2.01. The normalized spacial score (nSPS) is 13.8. The zero-order chi connectivity index (χ0) is 12.0. The van der Waals surface area contributed by atoms with Crippen molar-refractivity contribution in [2.45, 2.75) is 11.5 Å². The molecule has 2 aromatic rings. The van der Waals surface area contributed by atoms with Crippen LogP contribution < -0.4 is 0 Å². The van der Waals surface area contributed by atoms with E-state index in [1.54, 1.807) is 0 Å². The largest absolute Gasteiger partial charge is 0.506 e. The van der Waals surface area contributed by atoms with E-state index in [-0.39, 0.29) is 17.9 Å². The van der Waals surface area contributed by atoms with Crippen molar-refractivity contribution in [1.29, 1.82) is 0 Å². The molecule has 4 nitrogen and oxygen atoms in total. The van der Waals surface area contributed by atoms with Crippen LogP contribution in [0.4, 0.5) is 0 Å². The molecule has 0 spiro atoms. The standard InChI is InChI=1S/C12H9NO3S/c1-17-8-4-2-3-6-9(8)11(14)10-7(13-6)5-16-12(10)15/h2-4H,5H2,1H3,(H,13,14). The number of aromatic nitrogens is 1. The fourth-order valence-corrected chi connectivity index (χ4v) is 2.63. The second kappa shape index (κ2) is 3.63. The Morgan fingerprint density at radius 1 is 1.47 bits per heavy atom. The summed E-state index contributed by atoms with van der Waals surface area (Å²) in [6.07, 6.45) is 1.92. The van der Waals surface area contributed by atoms with Gasteiger partial charge < -0.3 is 9.84 Å². The molecule has 0 unspecified atom stereocenters. The number of carbonyl (C=O) groups excluding carboxylic acids is 1. The highest BCUT2D eigenvalue weighted by molar-refractivity contribution is 7.98. The van der Waals surface area contributed by atoms with E-state index in [9.17, 15) is 9.90 Å². The van der Waals surface area contributed by atoms with Gasteiger partial charge in [-0.1, -0.05) is 6.07 Å². The van der Waals surface area contributed by atoms with Gasteiger partial charge >= 0.3 is 5.97 Å². The summed E-state index contributed by atoms with van der Waals surface area (Å²) in [6.45, 7) is 0.140. The fraction of sp³-hybridized carbons (Fsp3) is 0.167. The molecule has 1 aromatic heterocycles. The number of carbonyl (C=O) groups is 1. The number of benzene rings is 1. The number of fused-ring (bicyclic) bond motifs is 2. The lowest BCUT2D eigenvalue weighted by molar-refractivity contribution is 0.0531. The number of thioether (sulfide) groups is 1. The minimum absolute atomic E-state index is 0.0162. The third kappa shape index (κ3) is 1.39. The highest BCUT2D eigenvalue weighted by Gasteiger charge is 2.29. The van der Waals surface area contributed by atoms with Gasteiger partial charge in [-0.3, -0.25) is 0 Å². The molecule has 2 heterocycles. The van der Waals surface area contributed by atoms with Crippen molar-refractivity contribution >= 4 is 28.6 Å². The molecule has 86 valence electrons. The Bertz CT molecular complexity index is 639. The number of esters is 1. The Morgan fingerprint density at radius 2 is 2.29 bits per heavy atom. The maximum atomic E-state index is 11.5. The molecule has 1 aromatic carbocycles. The number of cyclic esters (lactones) is 1. The molecule has 0 aliphatic carbocycles. The highest BCUT2D eigenvalue weighted by Crippen LogP contribution is 2.38. The topological polar surface area (TPSA) is 59.4 Å². The Hall–Kier alpha value is -1.75. The van der Waals surface area contributed by atoms with Gasteiger partial charge in [0.05, 0.1) is 16.6 Å². The van der Waals surface area contributed by atoms with E-state index >= 15 is 0 Å². The van der Waals surface area contributed by atoms with Crippen molar-refractivity contribution in [3.8, 4) is 5.75 Å². The number of pyridine rings is 1. The van der Waals surface area contributed by atoms with Crippen molar-refractivity contribution in [1.82, 2.24) is 4.98 Å². The summed E-state index contributed by atoms with van der Waals surface area (Å²) in [5.74, 6) is -0.514. The number of hydrogen-bond donors (Lipinski definition) is 1. The van der Waals surface area contributed by atoms with Crippen LogP contribution in [0.5, 0.6) is 5.75 Å². The molecule has 0 fully saturated rings. The van der Waals surface area contributed by atoms with Gasteiger partial charge in [-0.15, -0.1) is 11.8 Å². The van der Waals surface area contributed by atoms with Crippen LogP contribution in [-0.2, 0) is 11.3 Å². The predicted octanol–water partition coefficient (Wildman–Crippen LogP) is 2.33. The molecule has 0 radical (unpaired) electrons. The van der Waals surface area contributed by atoms with Gasteiger partial charge in [0.25, 0.3) is 0 Å². The lowest BCUT2D eigenvalue weighted by Gasteiger charge is -2.07. The highest BCUT2D eigenvalue weighted by atomic mass is 32.2. The van der Waals surface area contributed by atoms with Crippen molar-refractivity contribution in [2.75, 3.05) is 6.26 Å². The van der Waals surface area contributed by atoms with E-state index in [0.29, 0.717) is 16.6 Å². The van der Waals surface area contributed by atoms with E-state index in [1.807, 2.05) is 24.5 Å². The molecule has 0 saturated carbocycles. The Kier molecular flexibility index (Phi) is 2.22. The summed E-state index contributed by atoms with van der Waals surface area (Å²) < 4.78 is 4.88. The molecule has 0 amide bonds. The van der Waals surface area contributed by atoms with Crippen molar-refractivity contribution in [3.05, 3.63) is 29.5 Å². The lowest BCUT2D eigenvalue weighted by atomic mass is 10.1. The monoisotopic (exact) mass is 247 g/mol. The molecule has 0 bridgehead atoms. The van der Waals surface area contributed by atoms with Crippen LogP contribution in [-0.4, -0.2) is 22.3 Å². The van der Waals surface area contributed by atoms with Gasteiger partial charge in [0, 0.05) is 4.90 Å². The summed E-state index contributed by atoms with van der Waals surface area (Å²) >= 11 is 1.51. The van der Waals surface area contributed by atoms with E-state index in [2.05, 4.69) is 4.98 Å². The SMILES string of the molecule is CSc1cccc2nc3c(c(O)c12)C(=O)OC3. The van der Waals surface area contributed by atoms with Crippen molar-refractivity contribution in [2.24, 2.45) is 0 Å². The van der Waals surface area contributed by atoms with Crippen LogP contribution in [0, 0.1) is 0 Å². The molecule has 5 heteroatoms. The van der Waals surface area contributed by atoms with Crippen LogP contribution in [0.1, 0.15) is 16.1 Å². The average Bonchev–Trinajstić information content (AvgIpc) is 2.70. The van der Waals surface area contributed by atoms with E-state index in [4.69, 9.17) is 4.74 Å². The first kappa shape index (κ1) is 10.4. The minimum atomic E-state index is -0.497. The van der Waals surface area contributed by atoms with Gasteiger partial charge in [-0.25, -0.2) is 9.78 Å². The first-order valence-corrected chi connectivity index (χ1v) is 6.30. The van der Waals surface area contributed by atoms with Crippen molar-refractivity contribution in [3.63, 3.8) is 0 Å². The summed E-state index contributed by atoms with van der Waals surface area (Å²) in [7, 11) is 0. The average molecular weight is 247 g/mol. The van der Waals surface area contributed by atoms with Crippen LogP contribution in [0.15, 0.2) is 23.1 Å². The van der Waals surface area contributed by atoms with Crippen LogP contribution in [0.3, 0.4) is 0 Å². The lowest BCUT2D eigenvalue weighted by Crippen LogP contribution is -1.97. The quantitative estimate of drug-likeness (QED) is 0.619. The molecule has 0 saturated heterocycles.